The molecule has 1 atom stereocenters. The van der Waals surface area contributed by atoms with Gasteiger partial charge < -0.3 is 10.1 Å². The average Bonchev–Trinajstić information content (AvgIpc) is 3.23. The number of aromatic nitrogens is 2. The zero-order valence-electron chi connectivity index (χ0n) is 13.8. The Balaban J connectivity index is 1.57. The molecule has 0 amide bonds. The number of ether oxygens (including phenoxy) is 1. The minimum atomic E-state index is -0.413. The van der Waals surface area contributed by atoms with Gasteiger partial charge in [0.1, 0.15) is 11.5 Å². The summed E-state index contributed by atoms with van der Waals surface area (Å²) in [6, 6.07) is 9.06. The lowest BCUT2D eigenvalue weighted by Crippen LogP contribution is -2.19. The molecule has 25 heavy (non-hydrogen) atoms. The Kier molecular flexibility index (Phi) is 3.97. The van der Waals surface area contributed by atoms with Crippen molar-refractivity contribution in [1.29, 1.82) is 0 Å². The summed E-state index contributed by atoms with van der Waals surface area (Å²) in [5.74, 6) is -0.596. The minimum Gasteiger partial charge on any atom is -0.464 e. The molecule has 4 rings (SSSR count). The van der Waals surface area contributed by atoms with Gasteiger partial charge >= 0.3 is 5.97 Å². The normalized spacial score (nSPS) is 16.2. The maximum atomic E-state index is 13.3. The zero-order chi connectivity index (χ0) is 17.4. The zero-order valence-corrected chi connectivity index (χ0v) is 13.8. The number of esters is 1. The summed E-state index contributed by atoms with van der Waals surface area (Å²) in [5.41, 5.74) is 4.36. The first-order valence-corrected chi connectivity index (χ1v) is 8.22. The van der Waals surface area contributed by atoms with Crippen LogP contribution < -0.4 is 5.32 Å². The van der Waals surface area contributed by atoms with E-state index in [-0.39, 0.29) is 11.9 Å². The van der Waals surface area contributed by atoms with Crippen LogP contribution in [0.2, 0.25) is 0 Å². The summed E-state index contributed by atoms with van der Waals surface area (Å²) < 4.78 is 19.9. The molecule has 3 aromatic rings. The molecule has 1 aromatic carbocycles. The third-order valence-electron chi connectivity index (χ3n) is 4.73. The number of fused-ring (bicyclic) bond motifs is 2. The highest BCUT2D eigenvalue weighted by molar-refractivity contribution is 5.88. The molecule has 5 nitrogen and oxygen atoms in total. The number of hydrogen-bond donors (Lipinski definition) is 1. The molecular weight excluding hydrogens is 321 g/mol. The molecule has 0 fully saturated rings. The summed E-state index contributed by atoms with van der Waals surface area (Å²) in [6.07, 6.45) is 5.15. The number of hydrogen-bond acceptors (Lipinski definition) is 4. The molecule has 0 bridgehead atoms. The number of nitrogens with one attached hydrogen (secondary N) is 1. The van der Waals surface area contributed by atoms with Crippen LogP contribution in [0.4, 0.5) is 4.39 Å². The van der Waals surface area contributed by atoms with E-state index in [1.165, 1.54) is 19.4 Å². The van der Waals surface area contributed by atoms with Gasteiger partial charge in [0.15, 0.2) is 5.69 Å². The van der Waals surface area contributed by atoms with Crippen molar-refractivity contribution in [3.05, 3.63) is 70.9 Å². The van der Waals surface area contributed by atoms with E-state index in [1.807, 2.05) is 18.2 Å². The molecule has 0 spiro atoms. The average molecular weight is 339 g/mol. The topological polar surface area (TPSA) is 55.6 Å². The molecule has 1 N–H and O–H groups in total. The second kappa shape index (κ2) is 6.29. The summed E-state index contributed by atoms with van der Waals surface area (Å²) in [7, 11) is 1.35. The van der Waals surface area contributed by atoms with E-state index in [4.69, 9.17) is 4.74 Å². The van der Waals surface area contributed by atoms with Crippen LogP contribution in [0.15, 0.2) is 42.7 Å². The number of methoxy groups -OCH3 is 1. The fourth-order valence-corrected chi connectivity index (χ4v) is 3.49. The largest absolute Gasteiger partial charge is 0.464 e. The van der Waals surface area contributed by atoms with Crippen molar-refractivity contribution in [2.45, 2.75) is 25.4 Å². The molecule has 2 aromatic heterocycles. The smallest absolute Gasteiger partial charge is 0.356 e. The van der Waals surface area contributed by atoms with Crippen molar-refractivity contribution < 1.29 is 13.9 Å². The van der Waals surface area contributed by atoms with Crippen molar-refractivity contribution in [1.82, 2.24) is 14.7 Å². The van der Waals surface area contributed by atoms with E-state index >= 15 is 0 Å². The summed E-state index contributed by atoms with van der Waals surface area (Å²) >= 11 is 0. The molecule has 0 radical (unpaired) electrons. The molecule has 1 aliphatic carbocycles. The van der Waals surface area contributed by atoms with Crippen LogP contribution in [-0.4, -0.2) is 22.5 Å². The number of imidazole rings is 1. The molecule has 128 valence electrons. The molecule has 1 unspecified atom stereocenters. The second-order valence-corrected chi connectivity index (χ2v) is 6.18. The number of aryl methyl sites for hydroxylation is 1. The third kappa shape index (κ3) is 2.78. The van der Waals surface area contributed by atoms with E-state index in [1.54, 1.807) is 16.7 Å². The standard InChI is InChI=1S/C19H18FN3O2/c1-25-19(24)17-11-22-18-13(3-2-8-23(17)18)10-21-16-7-4-12-9-14(20)5-6-15(12)16/h2-3,5-6,8-9,11,16,21H,4,7,10H2,1H3. The van der Waals surface area contributed by atoms with Crippen LogP contribution in [0.3, 0.4) is 0 Å². The van der Waals surface area contributed by atoms with E-state index in [2.05, 4.69) is 10.3 Å². The number of carbonyl (C=O) groups excluding carboxylic acids is 1. The van der Waals surface area contributed by atoms with Gasteiger partial charge in [-0.05, 0) is 42.2 Å². The maximum absolute atomic E-state index is 13.3. The van der Waals surface area contributed by atoms with Crippen LogP contribution in [0.5, 0.6) is 0 Å². The van der Waals surface area contributed by atoms with Crippen LogP contribution in [0.1, 0.15) is 39.6 Å². The van der Waals surface area contributed by atoms with Gasteiger partial charge in [-0.15, -0.1) is 0 Å². The number of nitrogens with zero attached hydrogens (tertiary/aromatic N) is 2. The van der Waals surface area contributed by atoms with Crippen LogP contribution in [0, 0.1) is 5.82 Å². The Hall–Kier alpha value is -2.73. The lowest BCUT2D eigenvalue weighted by atomic mass is 10.1. The molecule has 2 heterocycles. The summed E-state index contributed by atoms with van der Waals surface area (Å²) in [5, 5.41) is 3.53. The predicted molar refractivity (Wildman–Crippen MR) is 90.8 cm³/mol. The van der Waals surface area contributed by atoms with Crippen molar-refractivity contribution >= 4 is 11.6 Å². The molecule has 0 saturated heterocycles. The summed E-state index contributed by atoms with van der Waals surface area (Å²) in [4.78, 5) is 16.2. The monoisotopic (exact) mass is 339 g/mol. The Labute approximate surface area is 144 Å². The number of pyridine rings is 1. The second-order valence-electron chi connectivity index (χ2n) is 6.18. The van der Waals surface area contributed by atoms with Gasteiger partial charge in [-0.1, -0.05) is 12.1 Å². The fraction of sp³-hybridized carbons (Fsp3) is 0.263. The van der Waals surface area contributed by atoms with Gasteiger partial charge in [0.25, 0.3) is 0 Å². The van der Waals surface area contributed by atoms with Crippen molar-refractivity contribution in [2.75, 3.05) is 7.11 Å². The van der Waals surface area contributed by atoms with Crippen molar-refractivity contribution in [2.24, 2.45) is 0 Å². The highest BCUT2D eigenvalue weighted by Crippen LogP contribution is 2.31. The van der Waals surface area contributed by atoms with Crippen LogP contribution >= 0.6 is 0 Å². The molecule has 0 aliphatic heterocycles. The van der Waals surface area contributed by atoms with Crippen molar-refractivity contribution in [3.63, 3.8) is 0 Å². The van der Waals surface area contributed by atoms with E-state index in [9.17, 15) is 9.18 Å². The predicted octanol–water partition coefficient (Wildman–Crippen LogP) is 3.04. The van der Waals surface area contributed by atoms with Gasteiger partial charge in [-0.2, -0.15) is 0 Å². The molecular formula is C19H18FN3O2. The quantitative estimate of drug-likeness (QED) is 0.743. The van der Waals surface area contributed by atoms with Crippen LogP contribution in [0.25, 0.3) is 5.65 Å². The molecule has 1 aliphatic rings. The fourth-order valence-electron chi connectivity index (χ4n) is 3.49. The molecule has 6 heteroatoms. The lowest BCUT2D eigenvalue weighted by Gasteiger charge is -2.14. The van der Waals surface area contributed by atoms with Gasteiger partial charge in [-0.3, -0.25) is 4.40 Å². The van der Waals surface area contributed by atoms with Crippen molar-refractivity contribution in [3.8, 4) is 0 Å². The van der Waals surface area contributed by atoms with Gasteiger partial charge in [0.2, 0.25) is 0 Å². The SMILES string of the molecule is COC(=O)c1cnc2c(CNC3CCc4cc(F)ccc43)cccn12. The maximum Gasteiger partial charge on any atom is 0.356 e. The summed E-state index contributed by atoms with van der Waals surface area (Å²) in [6.45, 7) is 0.615. The Bertz CT molecular complexity index is 951. The van der Waals surface area contributed by atoms with Gasteiger partial charge in [-0.25, -0.2) is 14.2 Å². The van der Waals surface area contributed by atoms with Gasteiger partial charge in [0, 0.05) is 24.3 Å². The van der Waals surface area contributed by atoms with E-state index in [0.717, 1.165) is 35.2 Å². The number of carbonyl (C=O) groups is 1. The lowest BCUT2D eigenvalue weighted by molar-refractivity contribution is 0.0593. The Morgan fingerprint density at radius 3 is 3.16 bits per heavy atom. The Morgan fingerprint density at radius 1 is 1.44 bits per heavy atom. The van der Waals surface area contributed by atoms with E-state index in [0.29, 0.717) is 12.2 Å². The minimum absolute atomic E-state index is 0.183. The van der Waals surface area contributed by atoms with Gasteiger partial charge in [0.05, 0.1) is 13.3 Å². The highest BCUT2D eigenvalue weighted by Gasteiger charge is 2.22. The van der Waals surface area contributed by atoms with Crippen LogP contribution in [-0.2, 0) is 17.7 Å². The third-order valence-corrected chi connectivity index (χ3v) is 4.73. The first-order valence-electron chi connectivity index (χ1n) is 8.22. The first-order chi connectivity index (χ1) is 12.2. The first kappa shape index (κ1) is 15.8. The number of benzene rings is 1. The number of halogens is 1. The van der Waals surface area contributed by atoms with E-state index < -0.39 is 5.97 Å². The molecule has 0 saturated carbocycles. The highest BCUT2D eigenvalue weighted by atomic mass is 19.1. The Morgan fingerprint density at radius 2 is 2.32 bits per heavy atom. The number of rotatable bonds is 4.